The fraction of sp³-hybridized carbons (Fsp3) is 0.235. The monoisotopic (exact) mass is 281 g/mol. The maximum absolute atomic E-state index is 5.78. The van der Waals surface area contributed by atoms with Crippen molar-refractivity contribution < 1.29 is 4.74 Å². The SMILES string of the molecule is Cc1[nH]ncc1CNCCOc1ccc2ccccc2c1. The Kier molecular flexibility index (Phi) is 4.17. The summed E-state index contributed by atoms with van der Waals surface area (Å²) in [5, 5.41) is 12.7. The zero-order valence-electron chi connectivity index (χ0n) is 12.1. The van der Waals surface area contributed by atoms with Crippen LogP contribution in [0.15, 0.2) is 48.7 Å². The summed E-state index contributed by atoms with van der Waals surface area (Å²) in [4.78, 5) is 0. The van der Waals surface area contributed by atoms with Gasteiger partial charge in [-0.3, -0.25) is 5.10 Å². The molecule has 0 fully saturated rings. The molecule has 3 aromatic rings. The lowest BCUT2D eigenvalue weighted by molar-refractivity contribution is 0.314. The van der Waals surface area contributed by atoms with Gasteiger partial charge in [0.2, 0.25) is 0 Å². The number of rotatable bonds is 6. The Balaban J connectivity index is 1.47. The van der Waals surface area contributed by atoms with E-state index in [0.717, 1.165) is 24.5 Å². The smallest absolute Gasteiger partial charge is 0.120 e. The molecule has 0 aliphatic carbocycles. The molecule has 2 aromatic carbocycles. The second-order valence-electron chi connectivity index (χ2n) is 5.05. The highest BCUT2D eigenvalue weighted by Crippen LogP contribution is 2.20. The second kappa shape index (κ2) is 6.41. The van der Waals surface area contributed by atoms with Crippen molar-refractivity contribution in [3.63, 3.8) is 0 Å². The summed E-state index contributed by atoms with van der Waals surface area (Å²) >= 11 is 0. The lowest BCUT2D eigenvalue weighted by atomic mass is 10.1. The van der Waals surface area contributed by atoms with Gasteiger partial charge >= 0.3 is 0 Å². The first-order valence-electron chi connectivity index (χ1n) is 7.14. The number of nitrogens with zero attached hydrogens (tertiary/aromatic N) is 1. The Morgan fingerprint density at radius 1 is 1.14 bits per heavy atom. The zero-order valence-corrected chi connectivity index (χ0v) is 12.1. The third-order valence-electron chi connectivity index (χ3n) is 3.52. The minimum absolute atomic E-state index is 0.648. The standard InChI is InChI=1S/C17H19N3O/c1-13-16(12-19-20-13)11-18-8-9-21-17-7-6-14-4-2-3-5-15(14)10-17/h2-7,10,12,18H,8-9,11H2,1H3,(H,19,20). The normalized spacial score (nSPS) is 10.9. The van der Waals surface area contributed by atoms with E-state index < -0.39 is 0 Å². The number of benzene rings is 2. The second-order valence-corrected chi connectivity index (χ2v) is 5.05. The minimum Gasteiger partial charge on any atom is -0.492 e. The molecule has 4 nitrogen and oxygen atoms in total. The fourth-order valence-corrected chi connectivity index (χ4v) is 2.28. The van der Waals surface area contributed by atoms with Gasteiger partial charge in [0, 0.05) is 24.3 Å². The van der Waals surface area contributed by atoms with Crippen LogP contribution in [0.25, 0.3) is 10.8 Å². The molecular formula is C17H19N3O. The van der Waals surface area contributed by atoms with E-state index >= 15 is 0 Å². The van der Waals surface area contributed by atoms with Crippen molar-refractivity contribution in [1.29, 1.82) is 0 Å². The predicted molar refractivity (Wildman–Crippen MR) is 84.5 cm³/mol. The van der Waals surface area contributed by atoms with Crippen LogP contribution in [0.2, 0.25) is 0 Å². The summed E-state index contributed by atoms with van der Waals surface area (Å²) in [5.41, 5.74) is 2.30. The first kappa shape index (κ1) is 13.6. The maximum atomic E-state index is 5.78. The lowest BCUT2D eigenvalue weighted by Crippen LogP contribution is -2.20. The van der Waals surface area contributed by atoms with Crippen LogP contribution in [0.4, 0.5) is 0 Å². The van der Waals surface area contributed by atoms with E-state index in [0.29, 0.717) is 6.61 Å². The zero-order chi connectivity index (χ0) is 14.5. The van der Waals surface area contributed by atoms with Crippen LogP contribution in [0, 0.1) is 6.92 Å². The van der Waals surface area contributed by atoms with Crippen molar-refractivity contribution in [3.05, 3.63) is 59.9 Å². The summed E-state index contributed by atoms with van der Waals surface area (Å²) in [7, 11) is 0. The number of fused-ring (bicyclic) bond motifs is 1. The van der Waals surface area contributed by atoms with Gasteiger partial charge in [0.15, 0.2) is 0 Å². The van der Waals surface area contributed by atoms with Gasteiger partial charge in [-0.2, -0.15) is 5.10 Å². The fourth-order valence-electron chi connectivity index (χ4n) is 2.28. The van der Waals surface area contributed by atoms with Gasteiger partial charge in [-0.05, 0) is 29.8 Å². The largest absolute Gasteiger partial charge is 0.492 e. The number of aromatic nitrogens is 2. The van der Waals surface area contributed by atoms with Crippen molar-refractivity contribution in [2.75, 3.05) is 13.2 Å². The van der Waals surface area contributed by atoms with E-state index in [2.05, 4.69) is 39.8 Å². The Hall–Kier alpha value is -2.33. The lowest BCUT2D eigenvalue weighted by Gasteiger charge is -2.08. The average Bonchev–Trinajstić information content (AvgIpc) is 2.92. The number of hydrogen-bond donors (Lipinski definition) is 2. The molecule has 2 N–H and O–H groups in total. The first-order chi connectivity index (χ1) is 10.3. The molecule has 0 unspecified atom stereocenters. The number of H-pyrrole nitrogens is 1. The van der Waals surface area contributed by atoms with Crippen molar-refractivity contribution >= 4 is 10.8 Å². The van der Waals surface area contributed by atoms with E-state index in [1.165, 1.54) is 16.3 Å². The summed E-state index contributed by atoms with van der Waals surface area (Å²) in [5.74, 6) is 0.912. The van der Waals surface area contributed by atoms with Crippen LogP contribution in [0.1, 0.15) is 11.3 Å². The molecule has 1 heterocycles. The van der Waals surface area contributed by atoms with Gasteiger partial charge in [0.25, 0.3) is 0 Å². The van der Waals surface area contributed by atoms with Gasteiger partial charge in [-0.1, -0.05) is 30.3 Å². The number of nitrogens with one attached hydrogen (secondary N) is 2. The Labute approximate surface area is 124 Å². The Morgan fingerprint density at radius 2 is 2.00 bits per heavy atom. The highest BCUT2D eigenvalue weighted by molar-refractivity contribution is 5.83. The van der Waals surface area contributed by atoms with Crippen LogP contribution in [0.3, 0.4) is 0 Å². The van der Waals surface area contributed by atoms with E-state index in [1.54, 1.807) is 0 Å². The molecule has 0 radical (unpaired) electrons. The topological polar surface area (TPSA) is 49.9 Å². The highest BCUT2D eigenvalue weighted by atomic mass is 16.5. The third kappa shape index (κ3) is 3.41. The quantitative estimate of drug-likeness (QED) is 0.683. The third-order valence-corrected chi connectivity index (χ3v) is 3.52. The van der Waals surface area contributed by atoms with Crippen molar-refractivity contribution in [1.82, 2.24) is 15.5 Å². The minimum atomic E-state index is 0.648. The number of aryl methyl sites for hydroxylation is 1. The number of hydrogen-bond acceptors (Lipinski definition) is 3. The molecule has 4 heteroatoms. The van der Waals surface area contributed by atoms with Gasteiger partial charge < -0.3 is 10.1 Å². The van der Waals surface area contributed by atoms with Crippen molar-refractivity contribution in [2.45, 2.75) is 13.5 Å². The first-order valence-corrected chi connectivity index (χ1v) is 7.14. The van der Waals surface area contributed by atoms with Gasteiger partial charge in [0.1, 0.15) is 12.4 Å². The molecule has 0 saturated carbocycles. The molecule has 0 saturated heterocycles. The molecular weight excluding hydrogens is 262 g/mol. The molecule has 108 valence electrons. The van der Waals surface area contributed by atoms with E-state index in [-0.39, 0.29) is 0 Å². The Morgan fingerprint density at radius 3 is 2.81 bits per heavy atom. The molecule has 3 rings (SSSR count). The molecule has 1 aromatic heterocycles. The summed E-state index contributed by atoms with van der Waals surface area (Å²) in [6.07, 6.45) is 1.85. The van der Waals surface area contributed by atoms with Crippen LogP contribution in [-0.4, -0.2) is 23.3 Å². The number of ether oxygens (including phenoxy) is 1. The van der Waals surface area contributed by atoms with E-state index in [9.17, 15) is 0 Å². The molecule has 0 amide bonds. The van der Waals surface area contributed by atoms with Crippen LogP contribution >= 0.6 is 0 Å². The van der Waals surface area contributed by atoms with Gasteiger partial charge in [-0.15, -0.1) is 0 Å². The maximum Gasteiger partial charge on any atom is 0.120 e. The molecule has 21 heavy (non-hydrogen) atoms. The van der Waals surface area contributed by atoms with Gasteiger partial charge in [-0.25, -0.2) is 0 Å². The molecule has 0 spiro atoms. The van der Waals surface area contributed by atoms with E-state index in [1.807, 2.05) is 31.3 Å². The molecule has 0 atom stereocenters. The summed E-state index contributed by atoms with van der Waals surface area (Å²) in [6, 6.07) is 14.5. The molecule has 0 bridgehead atoms. The van der Waals surface area contributed by atoms with Crippen LogP contribution in [0.5, 0.6) is 5.75 Å². The summed E-state index contributed by atoms with van der Waals surface area (Å²) < 4.78 is 5.78. The Bertz CT molecular complexity index is 721. The average molecular weight is 281 g/mol. The van der Waals surface area contributed by atoms with Crippen LogP contribution < -0.4 is 10.1 Å². The summed E-state index contributed by atoms with van der Waals surface area (Å²) in [6.45, 7) is 4.28. The number of aromatic amines is 1. The van der Waals surface area contributed by atoms with Gasteiger partial charge in [0.05, 0.1) is 6.20 Å². The van der Waals surface area contributed by atoms with E-state index in [4.69, 9.17) is 4.74 Å². The van der Waals surface area contributed by atoms with Crippen molar-refractivity contribution in [2.24, 2.45) is 0 Å². The van der Waals surface area contributed by atoms with Crippen molar-refractivity contribution in [3.8, 4) is 5.75 Å². The highest BCUT2D eigenvalue weighted by Gasteiger charge is 2.00. The molecule has 0 aliphatic heterocycles. The predicted octanol–water partition coefficient (Wildman–Crippen LogP) is 3.04. The molecule has 0 aliphatic rings. The van der Waals surface area contributed by atoms with Crippen LogP contribution in [-0.2, 0) is 6.54 Å².